The Morgan fingerprint density at radius 3 is 1.96 bits per heavy atom. The number of isocyanates is 2. The average molecular weight is 444 g/mol. The summed E-state index contributed by atoms with van der Waals surface area (Å²) in [5.41, 5.74) is 6.73. The van der Waals surface area contributed by atoms with Gasteiger partial charge < -0.3 is 0 Å². The number of halogens is 1. The highest BCUT2D eigenvalue weighted by Gasteiger charge is 2.01. The molecular formula is C6H9IN10O6. The number of hydrogen-bond acceptors (Lipinski definition) is 12. The maximum atomic E-state index is 10.5. The van der Waals surface area contributed by atoms with Crippen LogP contribution in [0.5, 0.6) is 0 Å². The van der Waals surface area contributed by atoms with Gasteiger partial charge in [-0.2, -0.15) is 5.48 Å². The third-order valence-electron chi connectivity index (χ3n) is 0.806. The van der Waals surface area contributed by atoms with Crippen molar-refractivity contribution in [3.05, 3.63) is 0 Å². The second kappa shape index (κ2) is 27.0. The first-order chi connectivity index (χ1) is 10.6. The van der Waals surface area contributed by atoms with E-state index in [2.05, 4.69) is 31.6 Å². The van der Waals surface area contributed by atoms with Gasteiger partial charge in [0.25, 0.3) is 12.2 Å². The topological polar surface area (TPSA) is 259 Å². The summed E-state index contributed by atoms with van der Waals surface area (Å²) in [7, 11) is 0. The standard InChI is InChI=1S/C4H4N6O4.C2N2O2.HI.H4N2/c5-1-14-10-4(13)9-8-3(12)7-6-2-11;3-1-6-4-2-5;;1-2/h(H2,7,8,12)(H2,9,10,13);;1H;1-2H2. The maximum Gasteiger partial charge on any atom is 0.367 e. The zero-order valence-electron chi connectivity index (χ0n) is 10.8. The largest absolute Gasteiger partial charge is 0.367 e. The van der Waals surface area contributed by atoms with Crippen LogP contribution in [-0.4, -0.2) is 24.2 Å². The minimum atomic E-state index is -0.989. The summed E-state index contributed by atoms with van der Waals surface area (Å²) in [4.78, 5) is 46.8. The normalized spacial score (nSPS) is 5.74. The van der Waals surface area contributed by atoms with Crippen LogP contribution >= 0.6 is 24.0 Å². The number of nitriles is 2. The number of hydrazine groups is 2. The van der Waals surface area contributed by atoms with Gasteiger partial charge in [0.2, 0.25) is 0 Å². The SMILES string of the molecule is I.N#CON=C=O.N#CONC(=O)NNC(=O)NN=C=O.NN. The first-order valence-electron chi connectivity index (χ1n) is 4.31. The van der Waals surface area contributed by atoms with Gasteiger partial charge in [-0.1, -0.05) is 5.10 Å². The Morgan fingerprint density at radius 1 is 1.00 bits per heavy atom. The van der Waals surface area contributed by atoms with Crippen LogP contribution in [-0.2, 0) is 19.3 Å². The van der Waals surface area contributed by atoms with E-state index >= 15 is 0 Å². The molecule has 126 valence electrons. The van der Waals surface area contributed by atoms with Crippen molar-refractivity contribution in [3.8, 4) is 12.5 Å². The molecule has 0 aromatic heterocycles. The van der Waals surface area contributed by atoms with E-state index < -0.39 is 12.1 Å². The molecule has 16 nitrogen and oxygen atoms in total. The number of nitrogens with one attached hydrogen (secondary N) is 4. The fraction of sp³-hybridized carbons (Fsp3) is 0. The number of carbonyl (C=O) groups is 2. The van der Waals surface area contributed by atoms with Crippen LogP contribution < -0.4 is 33.4 Å². The van der Waals surface area contributed by atoms with Gasteiger partial charge >= 0.3 is 24.6 Å². The molecule has 0 aliphatic carbocycles. The molecule has 0 fully saturated rings. The van der Waals surface area contributed by atoms with Crippen molar-refractivity contribution in [2.45, 2.75) is 0 Å². The molecule has 4 amide bonds. The Balaban J connectivity index is -0.000000170. The Morgan fingerprint density at radius 2 is 1.57 bits per heavy atom. The molecule has 17 heteroatoms. The first-order valence-corrected chi connectivity index (χ1v) is 4.31. The number of hydrazone groups is 1. The fourth-order valence-electron chi connectivity index (χ4n) is 0.349. The lowest BCUT2D eigenvalue weighted by Gasteiger charge is -2.04. The van der Waals surface area contributed by atoms with Gasteiger partial charge in [0.15, 0.2) is 0 Å². The molecule has 0 rings (SSSR count). The molecule has 0 atom stereocenters. The number of hydroxylamine groups is 1. The van der Waals surface area contributed by atoms with E-state index in [0.717, 1.165) is 24.7 Å². The number of urea groups is 2. The van der Waals surface area contributed by atoms with Crippen molar-refractivity contribution in [1.29, 1.82) is 10.5 Å². The van der Waals surface area contributed by atoms with Crippen molar-refractivity contribution in [1.82, 2.24) is 21.8 Å². The highest BCUT2D eigenvalue weighted by Crippen LogP contribution is 1.64. The van der Waals surface area contributed by atoms with E-state index in [4.69, 9.17) is 15.3 Å². The lowest BCUT2D eigenvalue weighted by Crippen LogP contribution is -2.49. The lowest BCUT2D eigenvalue weighted by atomic mass is 11.0. The number of hydrogen-bond donors (Lipinski definition) is 6. The lowest BCUT2D eigenvalue weighted by molar-refractivity contribution is 0.150. The van der Waals surface area contributed by atoms with Gasteiger partial charge in [0.1, 0.15) is 0 Å². The summed E-state index contributed by atoms with van der Waals surface area (Å²) >= 11 is 0. The Kier molecular flexibility index (Phi) is 32.6. The number of nitrogens with zero attached hydrogens (tertiary/aromatic N) is 4. The van der Waals surface area contributed by atoms with Crippen LogP contribution in [0.3, 0.4) is 0 Å². The molecule has 0 unspecified atom stereocenters. The summed E-state index contributed by atoms with van der Waals surface area (Å²) < 4.78 is 0. The van der Waals surface area contributed by atoms with Gasteiger partial charge in [0.05, 0.1) is 0 Å². The number of rotatable bonds is 3. The molecule has 0 heterocycles. The molecule has 0 aromatic carbocycles. The van der Waals surface area contributed by atoms with Gasteiger partial charge in [-0.05, 0) is 0 Å². The van der Waals surface area contributed by atoms with E-state index in [-0.39, 0.29) is 24.0 Å². The molecule has 0 saturated carbocycles. The fourth-order valence-corrected chi connectivity index (χ4v) is 0.349. The highest BCUT2D eigenvalue weighted by molar-refractivity contribution is 14.0. The molecule has 0 radical (unpaired) electrons. The predicted octanol–water partition coefficient (Wildman–Crippen LogP) is -2.67. The Bertz CT molecular complexity index is 501. The van der Waals surface area contributed by atoms with Crippen LogP contribution in [0.4, 0.5) is 9.59 Å². The van der Waals surface area contributed by atoms with Crippen LogP contribution in [0.25, 0.3) is 0 Å². The summed E-state index contributed by atoms with van der Waals surface area (Å²) in [6.07, 6.45) is 4.32. The quantitative estimate of drug-likeness (QED) is 0.0657. The predicted molar refractivity (Wildman–Crippen MR) is 76.8 cm³/mol. The van der Waals surface area contributed by atoms with Crippen LogP contribution in [0.15, 0.2) is 10.3 Å². The van der Waals surface area contributed by atoms with E-state index in [1.54, 1.807) is 21.8 Å². The van der Waals surface area contributed by atoms with Gasteiger partial charge in [0, 0.05) is 5.16 Å². The van der Waals surface area contributed by atoms with Crippen molar-refractivity contribution < 1.29 is 28.9 Å². The second-order valence-corrected chi connectivity index (χ2v) is 1.88. The van der Waals surface area contributed by atoms with Crippen molar-refractivity contribution in [2.75, 3.05) is 0 Å². The smallest absolute Gasteiger partial charge is 0.297 e. The van der Waals surface area contributed by atoms with E-state index in [1.807, 2.05) is 0 Å². The minimum Gasteiger partial charge on any atom is -0.297 e. The Hall–Kier alpha value is -3.47. The molecule has 23 heavy (non-hydrogen) atoms. The van der Waals surface area contributed by atoms with Crippen LogP contribution in [0.2, 0.25) is 0 Å². The molecule has 0 bridgehead atoms. The molecular weight excluding hydrogens is 435 g/mol. The number of amides is 4. The van der Waals surface area contributed by atoms with Gasteiger partial charge in [-0.15, -0.1) is 34.5 Å². The second-order valence-electron chi connectivity index (χ2n) is 1.88. The maximum absolute atomic E-state index is 10.5. The summed E-state index contributed by atoms with van der Waals surface area (Å²) in [6.45, 7) is 0. The zero-order chi connectivity index (χ0) is 17.6. The number of nitrogens with two attached hydrogens (primary N) is 2. The third kappa shape index (κ3) is 32.2. The minimum absolute atomic E-state index is 0. The van der Waals surface area contributed by atoms with Crippen molar-refractivity contribution >= 4 is 48.2 Å². The molecule has 0 spiro atoms. The van der Waals surface area contributed by atoms with E-state index in [1.165, 1.54) is 0 Å². The molecule has 0 aliphatic rings. The summed E-state index contributed by atoms with van der Waals surface area (Å²) in [6, 6.07) is -1.96. The van der Waals surface area contributed by atoms with Crippen LogP contribution in [0, 0.1) is 23.0 Å². The zero-order valence-corrected chi connectivity index (χ0v) is 13.1. The molecule has 0 aromatic rings. The summed E-state index contributed by atoms with van der Waals surface area (Å²) in [5.74, 6) is 8.00. The molecule has 8 N–H and O–H groups in total. The van der Waals surface area contributed by atoms with Gasteiger partial charge in [-0.3, -0.25) is 21.4 Å². The first kappa shape index (κ1) is 27.8. The molecule has 0 aliphatic heterocycles. The van der Waals surface area contributed by atoms with E-state index in [9.17, 15) is 14.4 Å². The van der Waals surface area contributed by atoms with E-state index in [0.29, 0.717) is 0 Å². The number of carbonyl (C=O) groups excluding carboxylic acids is 4. The third-order valence-corrected chi connectivity index (χ3v) is 0.806. The Labute approximate surface area is 144 Å². The van der Waals surface area contributed by atoms with Crippen molar-refractivity contribution in [2.24, 2.45) is 21.9 Å². The molecule has 0 saturated heterocycles. The average Bonchev–Trinajstić information content (AvgIpc) is 2.56. The van der Waals surface area contributed by atoms with Crippen LogP contribution in [0.1, 0.15) is 0 Å². The van der Waals surface area contributed by atoms with Gasteiger partial charge in [-0.25, -0.2) is 35.5 Å². The van der Waals surface area contributed by atoms with Crippen molar-refractivity contribution in [3.63, 3.8) is 0 Å². The monoisotopic (exact) mass is 444 g/mol. The summed E-state index contributed by atoms with van der Waals surface area (Å²) in [5, 5.41) is 20.4. The highest BCUT2D eigenvalue weighted by atomic mass is 127.